The number of aryl methyl sites for hydroxylation is 1. The molecule has 0 spiro atoms. The third-order valence-electron chi connectivity index (χ3n) is 4.87. The zero-order valence-corrected chi connectivity index (χ0v) is 15.3. The van der Waals surface area contributed by atoms with Crippen molar-refractivity contribution in [3.05, 3.63) is 29.3 Å². The molecule has 0 unspecified atom stereocenters. The number of hydrogen-bond acceptors (Lipinski definition) is 3. The van der Waals surface area contributed by atoms with Crippen molar-refractivity contribution in [1.29, 1.82) is 0 Å². The first-order valence-electron chi connectivity index (χ1n) is 8.26. The Bertz CT molecular complexity index is 580. The standard InChI is InChI=1S/C18H28BNO3/c1-12(2)16(21)20-11-14-8-9-15(10-13(14)3)19-22-17(4,5)18(6,7)23-19/h8-10,12H,11H2,1-7H3,(H,20,21). The van der Waals surface area contributed by atoms with Crippen LogP contribution in [0.1, 0.15) is 52.7 Å². The first-order valence-corrected chi connectivity index (χ1v) is 8.26. The quantitative estimate of drug-likeness (QED) is 0.868. The van der Waals surface area contributed by atoms with Gasteiger partial charge in [-0.3, -0.25) is 4.79 Å². The maximum Gasteiger partial charge on any atom is 0.494 e. The van der Waals surface area contributed by atoms with E-state index in [0.29, 0.717) is 6.54 Å². The van der Waals surface area contributed by atoms with Gasteiger partial charge in [-0.15, -0.1) is 0 Å². The lowest BCUT2D eigenvalue weighted by atomic mass is 9.78. The van der Waals surface area contributed by atoms with Crippen LogP contribution in [0.5, 0.6) is 0 Å². The largest absolute Gasteiger partial charge is 0.494 e. The first-order chi connectivity index (χ1) is 10.5. The number of nitrogens with one attached hydrogen (secondary N) is 1. The van der Waals surface area contributed by atoms with Gasteiger partial charge in [-0.25, -0.2) is 0 Å². The predicted molar refractivity (Wildman–Crippen MR) is 93.6 cm³/mol. The third kappa shape index (κ3) is 3.78. The number of rotatable bonds is 4. The van der Waals surface area contributed by atoms with Crippen LogP contribution >= 0.6 is 0 Å². The smallest absolute Gasteiger partial charge is 0.399 e. The molecule has 1 aromatic rings. The molecule has 1 heterocycles. The summed E-state index contributed by atoms with van der Waals surface area (Å²) in [4.78, 5) is 11.7. The number of amides is 1. The van der Waals surface area contributed by atoms with E-state index in [4.69, 9.17) is 9.31 Å². The van der Waals surface area contributed by atoms with Gasteiger partial charge in [0.1, 0.15) is 0 Å². The summed E-state index contributed by atoms with van der Waals surface area (Å²) in [6, 6.07) is 6.14. The van der Waals surface area contributed by atoms with E-state index in [0.717, 1.165) is 16.6 Å². The highest BCUT2D eigenvalue weighted by molar-refractivity contribution is 6.62. The lowest BCUT2D eigenvalue weighted by Gasteiger charge is -2.32. The van der Waals surface area contributed by atoms with E-state index in [1.807, 2.05) is 32.9 Å². The number of carbonyl (C=O) groups excluding carboxylic acids is 1. The first kappa shape index (κ1) is 18.0. The molecule has 1 amide bonds. The highest BCUT2D eigenvalue weighted by Gasteiger charge is 2.51. The van der Waals surface area contributed by atoms with Crippen molar-refractivity contribution >= 4 is 18.5 Å². The van der Waals surface area contributed by atoms with Gasteiger partial charge in [0.15, 0.2) is 0 Å². The van der Waals surface area contributed by atoms with Crippen LogP contribution in [0.3, 0.4) is 0 Å². The molecule has 1 N–H and O–H groups in total. The molecule has 4 nitrogen and oxygen atoms in total. The van der Waals surface area contributed by atoms with E-state index in [-0.39, 0.29) is 30.1 Å². The van der Waals surface area contributed by atoms with Crippen molar-refractivity contribution < 1.29 is 14.1 Å². The van der Waals surface area contributed by atoms with Crippen LogP contribution in [0.25, 0.3) is 0 Å². The van der Waals surface area contributed by atoms with Crippen LogP contribution in [0.2, 0.25) is 0 Å². The molecule has 1 fully saturated rings. The van der Waals surface area contributed by atoms with Gasteiger partial charge in [0.2, 0.25) is 5.91 Å². The van der Waals surface area contributed by atoms with Gasteiger partial charge >= 0.3 is 7.12 Å². The van der Waals surface area contributed by atoms with E-state index in [2.05, 4.69) is 39.1 Å². The Balaban J connectivity index is 2.10. The zero-order valence-electron chi connectivity index (χ0n) is 15.3. The Morgan fingerprint density at radius 3 is 2.22 bits per heavy atom. The molecule has 1 saturated heterocycles. The van der Waals surface area contributed by atoms with Crippen molar-refractivity contribution in [2.75, 3.05) is 0 Å². The molecule has 126 valence electrons. The normalized spacial score (nSPS) is 19.2. The van der Waals surface area contributed by atoms with E-state index in [1.54, 1.807) is 0 Å². The summed E-state index contributed by atoms with van der Waals surface area (Å²) in [5, 5.41) is 2.95. The molecule has 1 aliphatic rings. The second kappa shape index (κ2) is 6.29. The molecule has 0 atom stereocenters. The summed E-state index contributed by atoms with van der Waals surface area (Å²) < 4.78 is 12.2. The summed E-state index contributed by atoms with van der Waals surface area (Å²) >= 11 is 0. The Morgan fingerprint density at radius 1 is 1.17 bits per heavy atom. The maximum atomic E-state index is 11.7. The summed E-state index contributed by atoms with van der Waals surface area (Å²) in [5.74, 6) is 0.0683. The monoisotopic (exact) mass is 317 g/mol. The van der Waals surface area contributed by atoms with Gasteiger partial charge in [-0.2, -0.15) is 0 Å². The number of carbonyl (C=O) groups is 1. The minimum absolute atomic E-state index is 0.000619. The lowest BCUT2D eigenvalue weighted by molar-refractivity contribution is -0.124. The summed E-state index contributed by atoms with van der Waals surface area (Å²) in [6.45, 7) is 14.6. The molecular weight excluding hydrogens is 289 g/mol. The van der Waals surface area contributed by atoms with E-state index in [1.165, 1.54) is 0 Å². The molecule has 2 rings (SSSR count). The van der Waals surface area contributed by atoms with Crippen LogP contribution in [0.15, 0.2) is 18.2 Å². The number of benzene rings is 1. The van der Waals surface area contributed by atoms with Gasteiger partial charge < -0.3 is 14.6 Å². The lowest BCUT2D eigenvalue weighted by Crippen LogP contribution is -2.41. The molecular formula is C18H28BNO3. The molecule has 5 heteroatoms. The Hall–Kier alpha value is -1.33. The second-order valence-corrected chi connectivity index (χ2v) is 7.65. The SMILES string of the molecule is Cc1cc(B2OC(C)(C)C(C)(C)O2)ccc1CNC(=O)C(C)C. The molecule has 0 aromatic heterocycles. The summed E-state index contributed by atoms with van der Waals surface area (Å²) in [5.41, 5.74) is 2.57. The molecule has 0 bridgehead atoms. The van der Waals surface area contributed by atoms with E-state index in [9.17, 15) is 4.79 Å². The molecule has 0 saturated carbocycles. The van der Waals surface area contributed by atoms with Crippen molar-refractivity contribution in [2.24, 2.45) is 5.92 Å². The Labute approximate surface area is 140 Å². The molecule has 1 aliphatic heterocycles. The van der Waals surface area contributed by atoms with Crippen molar-refractivity contribution in [3.63, 3.8) is 0 Å². The minimum Gasteiger partial charge on any atom is -0.399 e. The van der Waals surface area contributed by atoms with Gasteiger partial charge in [0.05, 0.1) is 11.2 Å². The van der Waals surface area contributed by atoms with E-state index >= 15 is 0 Å². The van der Waals surface area contributed by atoms with Gasteiger partial charge in [-0.05, 0) is 51.2 Å². The predicted octanol–water partition coefficient (Wildman–Crippen LogP) is 2.57. The van der Waals surface area contributed by atoms with Gasteiger partial charge in [0.25, 0.3) is 0 Å². The fourth-order valence-electron chi connectivity index (χ4n) is 2.43. The molecule has 1 aromatic carbocycles. The zero-order chi connectivity index (χ0) is 17.4. The van der Waals surface area contributed by atoms with Crippen LogP contribution in [0.4, 0.5) is 0 Å². The van der Waals surface area contributed by atoms with Crippen LogP contribution in [-0.2, 0) is 20.6 Å². The van der Waals surface area contributed by atoms with Crippen molar-refractivity contribution in [2.45, 2.75) is 66.2 Å². The summed E-state index contributed by atoms with van der Waals surface area (Å²) in [7, 11) is -0.349. The highest BCUT2D eigenvalue weighted by atomic mass is 16.7. The Kier molecular flexibility index (Phi) is 4.93. The van der Waals surface area contributed by atoms with Crippen molar-refractivity contribution in [1.82, 2.24) is 5.32 Å². The molecule has 0 aliphatic carbocycles. The second-order valence-electron chi connectivity index (χ2n) is 7.65. The van der Waals surface area contributed by atoms with Gasteiger partial charge in [-0.1, -0.05) is 32.0 Å². The summed E-state index contributed by atoms with van der Waals surface area (Å²) in [6.07, 6.45) is 0. The molecule has 0 radical (unpaired) electrons. The highest BCUT2D eigenvalue weighted by Crippen LogP contribution is 2.36. The fraction of sp³-hybridized carbons (Fsp3) is 0.611. The molecule has 23 heavy (non-hydrogen) atoms. The van der Waals surface area contributed by atoms with Crippen molar-refractivity contribution in [3.8, 4) is 0 Å². The Morgan fingerprint density at radius 2 is 1.74 bits per heavy atom. The van der Waals surface area contributed by atoms with Crippen LogP contribution < -0.4 is 10.8 Å². The van der Waals surface area contributed by atoms with Crippen LogP contribution in [0, 0.1) is 12.8 Å². The topological polar surface area (TPSA) is 47.6 Å². The fourth-order valence-corrected chi connectivity index (χ4v) is 2.43. The maximum absolute atomic E-state index is 11.7. The number of hydrogen-bond donors (Lipinski definition) is 1. The van der Waals surface area contributed by atoms with Crippen LogP contribution in [-0.4, -0.2) is 24.2 Å². The van der Waals surface area contributed by atoms with Gasteiger partial charge in [0, 0.05) is 12.5 Å². The van der Waals surface area contributed by atoms with E-state index < -0.39 is 0 Å². The average Bonchev–Trinajstić information content (AvgIpc) is 2.65. The third-order valence-corrected chi connectivity index (χ3v) is 4.87. The minimum atomic E-state index is -0.349. The average molecular weight is 317 g/mol.